The molecule has 5 nitrogen and oxygen atoms in total. The predicted octanol–water partition coefficient (Wildman–Crippen LogP) is 1.39. The lowest BCUT2D eigenvalue weighted by Crippen LogP contribution is -2.30. The van der Waals surface area contributed by atoms with Crippen molar-refractivity contribution in [2.75, 3.05) is 40.9 Å². The van der Waals surface area contributed by atoms with Crippen LogP contribution in [0.2, 0.25) is 0 Å². The van der Waals surface area contributed by atoms with Crippen LogP contribution in [0.5, 0.6) is 11.5 Å². The molecule has 1 amide bonds. The van der Waals surface area contributed by atoms with Crippen molar-refractivity contribution >= 4 is 5.91 Å². The minimum Gasteiger partial charge on any atom is -0.497 e. The molecule has 5 heteroatoms. The SMILES string of the molecule is CNCC1CCN(C(=O)c2cc(OC)ccc2OC)C1. The van der Waals surface area contributed by atoms with Crippen molar-refractivity contribution < 1.29 is 14.3 Å². The third-order valence-electron chi connectivity index (χ3n) is 3.70. The summed E-state index contributed by atoms with van der Waals surface area (Å²) >= 11 is 0. The zero-order chi connectivity index (χ0) is 14.5. The Morgan fingerprint density at radius 3 is 2.85 bits per heavy atom. The second-order valence-electron chi connectivity index (χ2n) is 5.03. The van der Waals surface area contributed by atoms with Gasteiger partial charge in [0, 0.05) is 13.1 Å². The van der Waals surface area contributed by atoms with Crippen molar-refractivity contribution in [1.29, 1.82) is 0 Å². The van der Waals surface area contributed by atoms with Crippen LogP contribution in [-0.4, -0.2) is 51.7 Å². The van der Waals surface area contributed by atoms with Crippen molar-refractivity contribution in [2.24, 2.45) is 5.92 Å². The Hall–Kier alpha value is -1.75. The summed E-state index contributed by atoms with van der Waals surface area (Å²) in [6.45, 7) is 2.53. The van der Waals surface area contributed by atoms with Crippen LogP contribution < -0.4 is 14.8 Å². The average Bonchev–Trinajstić information content (AvgIpc) is 2.94. The van der Waals surface area contributed by atoms with Gasteiger partial charge in [0.1, 0.15) is 11.5 Å². The Labute approximate surface area is 119 Å². The fourth-order valence-corrected chi connectivity index (χ4v) is 2.62. The van der Waals surface area contributed by atoms with Gasteiger partial charge in [-0.2, -0.15) is 0 Å². The third kappa shape index (κ3) is 3.04. The lowest BCUT2D eigenvalue weighted by molar-refractivity contribution is 0.0783. The second kappa shape index (κ2) is 6.61. The molecule has 0 spiro atoms. The molecule has 1 fully saturated rings. The Morgan fingerprint density at radius 2 is 2.20 bits per heavy atom. The van der Waals surface area contributed by atoms with Crippen LogP contribution in [0.25, 0.3) is 0 Å². The van der Waals surface area contributed by atoms with Gasteiger partial charge in [0.15, 0.2) is 0 Å². The van der Waals surface area contributed by atoms with Gasteiger partial charge in [0.2, 0.25) is 0 Å². The Bertz CT molecular complexity index is 476. The van der Waals surface area contributed by atoms with Crippen LogP contribution in [0.1, 0.15) is 16.8 Å². The van der Waals surface area contributed by atoms with Gasteiger partial charge in [-0.15, -0.1) is 0 Å². The van der Waals surface area contributed by atoms with Gasteiger partial charge in [0.05, 0.1) is 19.8 Å². The van der Waals surface area contributed by atoms with Crippen molar-refractivity contribution in [3.8, 4) is 11.5 Å². The van der Waals surface area contributed by atoms with Gasteiger partial charge in [-0.05, 0) is 44.1 Å². The minimum absolute atomic E-state index is 0.0133. The van der Waals surface area contributed by atoms with Crippen LogP contribution in [0.3, 0.4) is 0 Å². The molecule has 2 rings (SSSR count). The fraction of sp³-hybridized carbons (Fsp3) is 0.533. The van der Waals surface area contributed by atoms with Crippen LogP contribution >= 0.6 is 0 Å². The molecule has 0 aliphatic carbocycles. The number of carbonyl (C=O) groups excluding carboxylic acids is 1. The topological polar surface area (TPSA) is 50.8 Å². The third-order valence-corrected chi connectivity index (χ3v) is 3.70. The lowest BCUT2D eigenvalue weighted by atomic mass is 10.1. The Kier molecular flexibility index (Phi) is 4.84. The Morgan fingerprint density at radius 1 is 1.40 bits per heavy atom. The molecule has 0 aromatic heterocycles. The quantitative estimate of drug-likeness (QED) is 0.884. The van der Waals surface area contributed by atoms with Crippen molar-refractivity contribution in [1.82, 2.24) is 10.2 Å². The lowest BCUT2D eigenvalue weighted by Gasteiger charge is -2.18. The summed E-state index contributed by atoms with van der Waals surface area (Å²) in [7, 11) is 5.11. The highest BCUT2D eigenvalue weighted by atomic mass is 16.5. The molecule has 0 radical (unpaired) electrons. The smallest absolute Gasteiger partial charge is 0.257 e. The summed E-state index contributed by atoms with van der Waals surface area (Å²) in [6.07, 6.45) is 1.04. The van der Waals surface area contributed by atoms with E-state index in [0.29, 0.717) is 23.0 Å². The number of methoxy groups -OCH3 is 2. The number of carbonyl (C=O) groups is 1. The number of hydrogen-bond acceptors (Lipinski definition) is 4. The maximum atomic E-state index is 12.6. The van der Waals surface area contributed by atoms with E-state index >= 15 is 0 Å². The molecule has 1 aliphatic heterocycles. The van der Waals surface area contributed by atoms with E-state index in [1.165, 1.54) is 0 Å². The van der Waals surface area contributed by atoms with Gasteiger partial charge < -0.3 is 19.7 Å². The predicted molar refractivity (Wildman–Crippen MR) is 77.5 cm³/mol. The number of amides is 1. The molecule has 110 valence electrons. The maximum absolute atomic E-state index is 12.6. The molecule has 1 atom stereocenters. The molecule has 1 saturated heterocycles. The van der Waals surface area contributed by atoms with E-state index in [2.05, 4.69) is 5.32 Å². The molecule has 1 aromatic carbocycles. The number of likely N-dealkylation sites (tertiary alicyclic amines) is 1. The molecule has 0 bridgehead atoms. The summed E-state index contributed by atoms with van der Waals surface area (Å²) in [5.74, 6) is 1.80. The number of hydrogen-bond donors (Lipinski definition) is 1. The standard InChI is InChI=1S/C15H22N2O3/c1-16-9-11-6-7-17(10-11)15(18)13-8-12(19-2)4-5-14(13)20-3/h4-5,8,11,16H,6-7,9-10H2,1-3H3. The highest BCUT2D eigenvalue weighted by Gasteiger charge is 2.28. The first-order valence-electron chi connectivity index (χ1n) is 6.85. The van der Waals surface area contributed by atoms with E-state index in [9.17, 15) is 4.79 Å². The zero-order valence-electron chi connectivity index (χ0n) is 12.3. The van der Waals surface area contributed by atoms with Gasteiger partial charge >= 0.3 is 0 Å². The number of ether oxygens (including phenoxy) is 2. The number of rotatable bonds is 5. The highest BCUT2D eigenvalue weighted by molar-refractivity contribution is 5.97. The van der Waals surface area contributed by atoms with E-state index in [1.807, 2.05) is 11.9 Å². The van der Waals surface area contributed by atoms with Crippen LogP contribution in [0, 0.1) is 5.92 Å². The van der Waals surface area contributed by atoms with E-state index in [1.54, 1.807) is 32.4 Å². The summed E-state index contributed by atoms with van der Waals surface area (Å²) in [4.78, 5) is 14.5. The molecule has 1 unspecified atom stereocenters. The van der Waals surface area contributed by atoms with Crippen LogP contribution in [0.15, 0.2) is 18.2 Å². The van der Waals surface area contributed by atoms with E-state index < -0.39 is 0 Å². The van der Waals surface area contributed by atoms with Gasteiger partial charge in [-0.3, -0.25) is 4.79 Å². The first-order valence-corrected chi connectivity index (χ1v) is 6.85. The summed E-state index contributed by atoms with van der Waals surface area (Å²) in [6, 6.07) is 5.31. The number of nitrogens with zero attached hydrogens (tertiary/aromatic N) is 1. The summed E-state index contributed by atoms with van der Waals surface area (Å²) < 4.78 is 10.5. The van der Waals surface area contributed by atoms with E-state index in [-0.39, 0.29) is 5.91 Å². The first kappa shape index (κ1) is 14.7. The molecule has 1 aromatic rings. The molecular weight excluding hydrogens is 256 g/mol. The maximum Gasteiger partial charge on any atom is 0.257 e. The van der Waals surface area contributed by atoms with Crippen molar-refractivity contribution in [3.63, 3.8) is 0 Å². The number of nitrogens with one attached hydrogen (secondary N) is 1. The van der Waals surface area contributed by atoms with Crippen LogP contribution in [-0.2, 0) is 0 Å². The Balaban J connectivity index is 2.16. The monoisotopic (exact) mass is 278 g/mol. The van der Waals surface area contributed by atoms with Crippen molar-refractivity contribution in [3.05, 3.63) is 23.8 Å². The first-order chi connectivity index (χ1) is 9.69. The summed E-state index contributed by atoms with van der Waals surface area (Å²) in [5, 5.41) is 3.17. The molecule has 1 N–H and O–H groups in total. The number of benzene rings is 1. The fourth-order valence-electron chi connectivity index (χ4n) is 2.62. The van der Waals surface area contributed by atoms with Crippen LogP contribution in [0.4, 0.5) is 0 Å². The van der Waals surface area contributed by atoms with E-state index in [4.69, 9.17) is 9.47 Å². The molecule has 0 saturated carbocycles. The summed E-state index contributed by atoms with van der Waals surface area (Å²) in [5.41, 5.74) is 0.567. The highest BCUT2D eigenvalue weighted by Crippen LogP contribution is 2.27. The second-order valence-corrected chi connectivity index (χ2v) is 5.03. The van der Waals surface area contributed by atoms with Crippen molar-refractivity contribution in [2.45, 2.75) is 6.42 Å². The molecule has 1 aliphatic rings. The molecule has 20 heavy (non-hydrogen) atoms. The van der Waals surface area contributed by atoms with E-state index in [0.717, 1.165) is 26.1 Å². The minimum atomic E-state index is 0.0133. The molecular formula is C15H22N2O3. The largest absolute Gasteiger partial charge is 0.497 e. The molecule has 1 heterocycles. The van der Waals surface area contributed by atoms with Gasteiger partial charge in [-0.25, -0.2) is 0 Å². The van der Waals surface area contributed by atoms with Gasteiger partial charge in [-0.1, -0.05) is 0 Å². The zero-order valence-corrected chi connectivity index (χ0v) is 12.3. The van der Waals surface area contributed by atoms with Gasteiger partial charge in [0.25, 0.3) is 5.91 Å². The normalized spacial score (nSPS) is 18.1. The average molecular weight is 278 g/mol.